The van der Waals surface area contributed by atoms with Gasteiger partial charge in [0.2, 0.25) is 11.6 Å². The summed E-state index contributed by atoms with van der Waals surface area (Å²) in [6.45, 7) is 4.16. The molecule has 0 spiro atoms. The Balaban J connectivity index is 1.46. The number of Topliss-reactive ketones (excluding diaryl/α,β-unsaturated/α-hetero) is 3. The van der Waals surface area contributed by atoms with Crippen LogP contribution in [0.3, 0.4) is 0 Å². The van der Waals surface area contributed by atoms with E-state index in [0.717, 1.165) is 13.0 Å². The molecule has 1 saturated heterocycles. The van der Waals surface area contributed by atoms with Crippen LogP contribution in [0.15, 0.2) is 48.5 Å². The molecule has 4 aromatic rings. The van der Waals surface area contributed by atoms with Crippen molar-refractivity contribution in [3.05, 3.63) is 87.5 Å². The van der Waals surface area contributed by atoms with Crippen molar-refractivity contribution in [1.82, 2.24) is 0 Å². The van der Waals surface area contributed by atoms with E-state index in [1.165, 1.54) is 33.3 Å². The van der Waals surface area contributed by atoms with Crippen molar-refractivity contribution < 1.29 is 68.8 Å². The van der Waals surface area contributed by atoms with Crippen LogP contribution in [0, 0.1) is 12.3 Å². The van der Waals surface area contributed by atoms with Gasteiger partial charge in [0.25, 0.3) is 0 Å². The molecule has 1 fully saturated rings. The summed E-state index contributed by atoms with van der Waals surface area (Å²) in [7, 11) is 2.77. The molecule has 1 aliphatic heterocycles. The van der Waals surface area contributed by atoms with Gasteiger partial charge in [-0.15, -0.1) is 0 Å². The first-order valence-electron chi connectivity index (χ1n) is 17.8. The Morgan fingerprint density at radius 3 is 2.30 bits per heavy atom. The number of ether oxygens (including phenoxy) is 4. The number of aldehydes is 1. The summed E-state index contributed by atoms with van der Waals surface area (Å²) in [6.07, 6.45) is -6.84. The van der Waals surface area contributed by atoms with Crippen molar-refractivity contribution >= 4 is 40.1 Å². The lowest BCUT2D eigenvalue weighted by molar-refractivity contribution is -0.223. The molecule has 0 radical (unpaired) electrons. The van der Waals surface area contributed by atoms with Crippen LogP contribution in [-0.4, -0.2) is 105 Å². The number of aliphatic hydroxyl groups excluding tert-OH is 2. The highest BCUT2D eigenvalue weighted by Gasteiger charge is 2.69. The molecule has 15 heteroatoms. The minimum absolute atomic E-state index is 0.0426. The van der Waals surface area contributed by atoms with Gasteiger partial charge in [0.05, 0.1) is 39.8 Å². The molecule has 8 atom stereocenters. The van der Waals surface area contributed by atoms with Gasteiger partial charge in [-0.1, -0.05) is 36.4 Å². The Labute approximate surface area is 320 Å². The predicted molar refractivity (Wildman–Crippen MR) is 197 cm³/mol. The maximum Gasteiger partial charge on any atom is 0.229 e. The summed E-state index contributed by atoms with van der Waals surface area (Å²) >= 11 is 0. The summed E-state index contributed by atoms with van der Waals surface area (Å²) in [5.41, 5.74) is -6.87. The Kier molecular flexibility index (Phi) is 9.68. The third-order valence-corrected chi connectivity index (χ3v) is 11.6. The van der Waals surface area contributed by atoms with Crippen molar-refractivity contribution in [1.29, 1.82) is 0 Å². The van der Waals surface area contributed by atoms with E-state index in [4.69, 9.17) is 18.9 Å². The van der Waals surface area contributed by atoms with Gasteiger partial charge in [-0.2, -0.15) is 0 Å². The maximum absolute atomic E-state index is 14.8. The molecule has 2 aliphatic carbocycles. The van der Waals surface area contributed by atoms with Crippen molar-refractivity contribution in [3.8, 4) is 23.0 Å². The molecule has 56 heavy (non-hydrogen) atoms. The third-order valence-electron chi connectivity index (χ3n) is 11.6. The Bertz CT molecular complexity index is 2310. The summed E-state index contributed by atoms with van der Waals surface area (Å²) in [5.74, 6) is -5.83. The van der Waals surface area contributed by atoms with Gasteiger partial charge in [0, 0.05) is 43.2 Å². The summed E-state index contributed by atoms with van der Waals surface area (Å²) < 4.78 is 23.2. The van der Waals surface area contributed by atoms with E-state index in [9.17, 15) is 49.8 Å². The van der Waals surface area contributed by atoms with E-state index < -0.39 is 105 Å². The predicted octanol–water partition coefficient (Wildman–Crippen LogP) is 2.96. The fourth-order valence-corrected chi connectivity index (χ4v) is 8.62. The van der Waals surface area contributed by atoms with Gasteiger partial charge in [-0.25, -0.2) is 0 Å². The highest BCUT2D eigenvalue weighted by Crippen LogP contribution is 2.60. The fraction of sp³-hybridized carbons (Fsp3) is 0.366. The van der Waals surface area contributed by atoms with Crippen LogP contribution in [0.5, 0.6) is 23.0 Å². The number of methoxy groups -OCH3 is 2. The molecule has 0 amide bonds. The average molecular weight is 772 g/mol. The normalized spacial score (nSPS) is 28.3. The van der Waals surface area contributed by atoms with Crippen LogP contribution in [0.4, 0.5) is 5.69 Å². The summed E-state index contributed by atoms with van der Waals surface area (Å²) in [5, 5.41) is 73.2. The molecule has 1 heterocycles. The van der Waals surface area contributed by atoms with Crippen LogP contribution in [0.2, 0.25) is 0 Å². The zero-order valence-corrected chi connectivity index (χ0v) is 31.0. The lowest BCUT2D eigenvalue weighted by Gasteiger charge is -2.52. The summed E-state index contributed by atoms with van der Waals surface area (Å²) in [6, 6.07) is 12.7. The Morgan fingerprint density at radius 1 is 0.982 bits per heavy atom. The lowest BCUT2D eigenvalue weighted by atomic mass is 9.51. The van der Waals surface area contributed by atoms with E-state index in [1.807, 2.05) is 6.07 Å². The number of carbonyl (C=O) groups excluding carboxylic acids is 4. The number of aryl methyl sites for hydroxylation is 1. The number of benzene rings is 4. The molecule has 7 rings (SSSR count). The number of ketones is 3. The minimum atomic E-state index is -3.04. The number of hydrogen-bond acceptors (Lipinski definition) is 15. The SMILES string of the molecule is COC1C(C)OC(Nc2cc(OCc3ccccc3)c3c(O)c4c(cc3c2O)C(=O)C2(O)c3c(cc(C)c(C(=O)C=O)c3O)CC(O)C2(C)C4=O)C(OC)C1O. The molecule has 0 bridgehead atoms. The topological polar surface area (TPSA) is 239 Å². The largest absolute Gasteiger partial charge is 0.507 e. The number of aliphatic hydroxyl groups is 3. The molecule has 0 saturated carbocycles. The monoisotopic (exact) mass is 771 g/mol. The smallest absolute Gasteiger partial charge is 0.229 e. The number of phenols is 3. The van der Waals surface area contributed by atoms with Crippen LogP contribution in [-0.2, 0) is 37.6 Å². The average Bonchev–Trinajstić information content (AvgIpc) is 3.16. The number of aromatic hydroxyl groups is 3. The van der Waals surface area contributed by atoms with Gasteiger partial charge in [0.15, 0.2) is 23.9 Å². The Morgan fingerprint density at radius 2 is 1.66 bits per heavy atom. The second-order valence-corrected chi connectivity index (χ2v) is 14.6. The second-order valence-electron chi connectivity index (χ2n) is 14.6. The number of carbonyl (C=O) groups is 4. The Hall–Kier alpha value is -5.42. The number of nitrogens with one attached hydrogen (secondary N) is 1. The number of rotatable bonds is 9. The van der Waals surface area contributed by atoms with E-state index in [0.29, 0.717) is 5.56 Å². The van der Waals surface area contributed by atoms with Crippen molar-refractivity contribution in [2.24, 2.45) is 5.41 Å². The highest BCUT2D eigenvalue weighted by atomic mass is 16.6. The molecule has 294 valence electrons. The number of hydrogen-bond donors (Lipinski definition) is 7. The molecule has 8 unspecified atom stereocenters. The van der Waals surface area contributed by atoms with E-state index >= 15 is 0 Å². The van der Waals surface area contributed by atoms with Crippen LogP contribution in [0.1, 0.15) is 67.2 Å². The lowest BCUT2D eigenvalue weighted by Crippen LogP contribution is -2.65. The molecule has 15 nitrogen and oxygen atoms in total. The van der Waals surface area contributed by atoms with Gasteiger partial charge < -0.3 is 54.9 Å². The molecular weight excluding hydrogens is 730 g/mol. The molecular formula is C41H41NO14. The number of phenolic OH excluding ortho intramolecular Hbond substituents is 3. The first-order chi connectivity index (χ1) is 26.6. The first-order valence-corrected chi connectivity index (χ1v) is 17.8. The fourth-order valence-electron chi connectivity index (χ4n) is 8.62. The number of fused-ring (bicyclic) bond motifs is 5. The van der Waals surface area contributed by atoms with Gasteiger partial charge in [-0.05, 0) is 43.5 Å². The highest BCUT2D eigenvalue weighted by molar-refractivity contribution is 6.35. The van der Waals surface area contributed by atoms with Gasteiger partial charge in [0.1, 0.15) is 47.9 Å². The van der Waals surface area contributed by atoms with E-state index in [-0.39, 0.29) is 52.7 Å². The number of anilines is 1. The molecule has 4 aromatic carbocycles. The van der Waals surface area contributed by atoms with E-state index in [1.54, 1.807) is 31.2 Å². The summed E-state index contributed by atoms with van der Waals surface area (Å²) in [4.78, 5) is 53.8. The van der Waals surface area contributed by atoms with Crippen molar-refractivity contribution in [3.63, 3.8) is 0 Å². The van der Waals surface area contributed by atoms with Crippen LogP contribution >= 0.6 is 0 Å². The zero-order chi connectivity index (χ0) is 40.6. The standard InChI is InChI=1S/C41H41NO14/c1-17-11-20-12-26(45)40(3)38(51)29-22(37(50)41(40,52)30(20)33(48)27(17)24(44)15-43)13-21-28(32(29)47)25(55-16-19-9-7-6-8-10-19)14-23(31(21)46)42-39-36(54-5)34(49)35(53-4)18(2)56-39/h6-11,13-15,18,26,34-36,39,42,45-49,52H,12,16H2,1-5H3. The van der Waals surface area contributed by atoms with Crippen molar-refractivity contribution in [2.75, 3.05) is 19.5 Å². The van der Waals surface area contributed by atoms with E-state index in [2.05, 4.69) is 5.32 Å². The van der Waals surface area contributed by atoms with Gasteiger partial charge >= 0.3 is 0 Å². The zero-order valence-electron chi connectivity index (χ0n) is 31.0. The van der Waals surface area contributed by atoms with Crippen molar-refractivity contribution in [2.45, 2.75) is 76.1 Å². The molecule has 7 N–H and O–H groups in total. The van der Waals surface area contributed by atoms with Gasteiger partial charge in [-0.3, -0.25) is 19.2 Å². The first kappa shape index (κ1) is 38.8. The maximum atomic E-state index is 14.8. The minimum Gasteiger partial charge on any atom is -0.507 e. The van der Waals surface area contributed by atoms with Crippen LogP contribution in [0.25, 0.3) is 10.8 Å². The third kappa shape index (κ3) is 5.41. The molecule has 3 aliphatic rings. The second kappa shape index (κ2) is 14.0. The quantitative estimate of drug-likeness (QED) is 0.0561. The van der Waals surface area contributed by atoms with Crippen LogP contribution < -0.4 is 10.1 Å². The molecule has 0 aromatic heterocycles.